The van der Waals surface area contributed by atoms with Crippen LogP contribution in [-0.4, -0.2) is 14.5 Å². The van der Waals surface area contributed by atoms with Gasteiger partial charge in [-0.25, -0.2) is 9.97 Å². The van der Waals surface area contributed by atoms with Gasteiger partial charge in [-0.2, -0.15) is 0 Å². The van der Waals surface area contributed by atoms with Crippen LogP contribution in [0.3, 0.4) is 0 Å². The molecule has 0 atom stereocenters. The predicted octanol–water partition coefficient (Wildman–Crippen LogP) is 3.15. The summed E-state index contributed by atoms with van der Waals surface area (Å²) in [4.78, 5) is 9.28. The molecule has 0 radical (unpaired) electrons. The van der Waals surface area contributed by atoms with Crippen LogP contribution in [0.1, 0.15) is 37.9 Å². The van der Waals surface area contributed by atoms with E-state index in [1.807, 2.05) is 6.92 Å². The van der Waals surface area contributed by atoms with E-state index in [9.17, 15) is 0 Å². The zero-order chi connectivity index (χ0) is 12.9. The fourth-order valence-corrected chi connectivity index (χ4v) is 2.62. The van der Waals surface area contributed by atoms with Crippen molar-refractivity contribution in [1.82, 2.24) is 14.5 Å². The van der Waals surface area contributed by atoms with E-state index in [2.05, 4.69) is 53.7 Å². The summed E-state index contributed by atoms with van der Waals surface area (Å²) in [6, 6.07) is 0. The molecule has 3 rings (SSSR count). The summed E-state index contributed by atoms with van der Waals surface area (Å²) in [5, 5.41) is 1.26. The van der Waals surface area contributed by atoms with E-state index in [-0.39, 0.29) is 5.54 Å². The van der Waals surface area contributed by atoms with Crippen LogP contribution >= 0.6 is 0 Å². The van der Waals surface area contributed by atoms with Crippen LogP contribution in [0.2, 0.25) is 0 Å². The number of hydrogen-bond donors (Lipinski definition) is 0. The first-order valence-electron chi connectivity index (χ1n) is 6.50. The number of aryl methyl sites for hydroxylation is 1. The van der Waals surface area contributed by atoms with Crippen LogP contribution in [0.15, 0.2) is 18.3 Å². The highest BCUT2D eigenvalue weighted by atomic mass is 15.1. The van der Waals surface area contributed by atoms with Crippen molar-refractivity contribution < 1.29 is 0 Å². The van der Waals surface area contributed by atoms with Crippen LogP contribution in [-0.2, 0) is 18.4 Å². The molecule has 0 saturated heterocycles. The smallest absolute Gasteiger partial charge is 0.144 e. The normalized spacial score (nSPS) is 15.1. The average Bonchev–Trinajstić information content (AvgIpc) is 2.49. The molecule has 2 aromatic heterocycles. The lowest BCUT2D eigenvalue weighted by Crippen LogP contribution is -2.21. The highest BCUT2D eigenvalue weighted by molar-refractivity contribution is 5.84. The van der Waals surface area contributed by atoms with Crippen molar-refractivity contribution >= 4 is 11.0 Å². The quantitative estimate of drug-likeness (QED) is 0.663. The molecule has 0 aromatic carbocycles. The van der Waals surface area contributed by atoms with Crippen molar-refractivity contribution in [2.24, 2.45) is 0 Å². The predicted molar refractivity (Wildman–Crippen MR) is 73.8 cm³/mol. The second-order valence-corrected chi connectivity index (χ2v) is 5.99. The third-order valence-corrected chi connectivity index (χ3v) is 3.45. The maximum atomic E-state index is 4.67. The van der Waals surface area contributed by atoms with Gasteiger partial charge in [0.25, 0.3) is 0 Å². The number of allylic oxidation sites excluding steroid dienone is 2. The van der Waals surface area contributed by atoms with Gasteiger partial charge in [-0.3, -0.25) is 0 Å². The van der Waals surface area contributed by atoms with Crippen molar-refractivity contribution in [2.45, 2.75) is 46.1 Å². The third-order valence-electron chi connectivity index (χ3n) is 3.45. The average molecular weight is 241 g/mol. The van der Waals surface area contributed by atoms with Crippen molar-refractivity contribution in [3.05, 3.63) is 35.4 Å². The molecular weight excluding hydrogens is 222 g/mol. The second-order valence-electron chi connectivity index (χ2n) is 5.99. The first kappa shape index (κ1) is 11.5. The van der Waals surface area contributed by atoms with Gasteiger partial charge in [-0.1, -0.05) is 12.2 Å². The molecule has 1 aliphatic rings. The Kier molecular flexibility index (Phi) is 2.34. The summed E-state index contributed by atoms with van der Waals surface area (Å²) in [5.74, 6) is 0.864. The van der Waals surface area contributed by atoms with Gasteiger partial charge in [0, 0.05) is 23.5 Å². The molecule has 1 aliphatic carbocycles. The minimum atomic E-state index is 0.0531. The molecule has 3 heteroatoms. The summed E-state index contributed by atoms with van der Waals surface area (Å²) in [6.07, 6.45) is 8.60. The summed E-state index contributed by atoms with van der Waals surface area (Å²) < 4.78 is 2.29. The van der Waals surface area contributed by atoms with Gasteiger partial charge in [0.1, 0.15) is 11.5 Å². The van der Waals surface area contributed by atoms with E-state index in [4.69, 9.17) is 0 Å². The zero-order valence-corrected chi connectivity index (χ0v) is 11.5. The maximum Gasteiger partial charge on any atom is 0.144 e. The number of hydrogen-bond acceptors (Lipinski definition) is 2. The van der Waals surface area contributed by atoms with Gasteiger partial charge in [0.05, 0.1) is 5.69 Å². The first-order chi connectivity index (χ1) is 8.47. The molecule has 0 unspecified atom stereocenters. The van der Waals surface area contributed by atoms with Crippen LogP contribution in [0.5, 0.6) is 0 Å². The van der Waals surface area contributed by atoms with Crippen LogP contribution in [0, 0.1) is 6.92 Å². The molecule has 94 valence electrons. The van der Waals surface area contributed by atoms with Crippen LogP contribution in [0.4, 0.5) is 0 Å². The van der Waals surface area contributed by atoms with Crippen molar-refractivity contribution in [3.63, 3.8) is 0 Å². The molecule has 0 amide bonds. The summed E-state index contributed by atoms with van der Waals surface area (Å²) in [5.41, 5.74) is 3.66. The molecule has 0 fully saturated rings. The molecule has 3 nitrogen and oxygen atoms in total. The molecule has 0 bridgehead atoms. The summed E-state index contributed by atoms with van der Waals surface area (Å²) in [7, 11) is 0. The Labute approximate surface area is 108 Å². The van der Waals surface area contributed by atoms with Gasteiger partial charge in [-0.15, -0.1) is 0 Å². The van der Waals surface area contributed by atoms with Crippen molar-refractivity contribution in [3.8, 4) is 0 Å². The van der Waals surface area contributed by atoms with Crippen LogP contribution in [0.25, 0.3) is 11.0 Å². The molecular formula is C15H19N3. The van der Waals surface area contributed by atoms with E-state index in [0.717, 1.165) is 24.3 Å². The van der Waals surface area contributed by atoms with E-state index < -0.39 is 0 Å². The molecule has 18 heavy (non-hydrogen) atoms. The SMILES string of the molecule is Cc1nc2c3c(cn(C(C)(C)C)c3n1)CC=CC2. The van der Waals surface area contributed by atoms with Crippen LogP contribution < -0.4 is 0 Å². The molecule has 0 aliphatic heterocycles. The first-order valence-corrected chi connectivity index (χ1v) is 6.50. The fourth-order valence-electron chi connectivity index (χ4n) is 2.62. The lowest BCUT2D eigenvalue weighted by Gasteiger charge is -2.22. The Morgan fingerprint density at radius 3 is 2.56 bits per heavy atom. The fraction of sp³-hybridized carbons (Fsp3) is 0.467. The molecule has 0 saturated carbocycles. The lowest BCUT2D eigenvalue weighted by atomic mass is 10.1. The van der Waals surface area contributed by atoms with Gasteiger partial charge in [0.15, 0.2) is 0 Å². The maximum absolute atomic E-state index is 4.67. The van der Waals surface area contributed by atoms with Gasteiger partial charge < -0.3 is 4.57 Å². The molecule has 2 aromatic rings. The molecule has 0 spiro atoms. The standard InChI is InChI=1S/C15H19N3/c1-10-16-12-8-6-5-7-11-9-18(15(2,3)4)14(17-10)13(11)12/h5-6,9H,7-8H2,1-4H3. The molecule has 0 N–H and O–H groups in total. The Hall–Kier alpha value is -1.64. The van der Waals surface area contributed by atoms with E-state index in [1.54, 1.807) is 0 Å². The number of nitrogens with zero attached hydrogens (tertiary/aromatic N) is 3. The monoisotopic (exact) mass is 241 g/mol. The highest BCUT2D eigenvalue weighted by Crippen LogP contribution is 2.30. The molecule has 2 heterocycles. The van der Waals surface area contributed by atoms with Gasteiger partial charge in [-0.05, 0) is 39.7 Å². The second kappa shape index (κ2) is 3.67. The Bertz CT molecular complexity index is 642. The van der Waals surface area contributed by atoms with Crippen molar-refractivity contribution in [1.29, 1.82) is 0 Å². The van der Waals surface area contributed by atoms with E-state index in [0.29, 0.717) is 0 Å². The Morgan fingerprint density at radius 2 is 1.83 bits per heavy atom. The number of rotatable bonds is 0. The van der Waals surface area contributed by atoms with E-state index in [1.165, 1.54) is 16.6 Å². The highest BCUT2D eigenvalue weighted by Gasteiger charge is 2.22. The third kappa shape index (κ3) is 1.65. The largest absolute Gasteiger partial charge is 0.327 e. The minimum Gasteiger partial charge on any atom is -0.327 e. The van der Waals surface area contributed by atoms with E-state index >= 15 is 0 Å². The lowest BCUT2D eigenvalue weighted by molar-refractivity contribution is 0.407. The summed E-state index contributed by atoms with van der Waals surface area (Å²) >= 11 is 0. The zero-order valence-electron chi connectivity index (χ0n) is 11.5. The minimum absolute atomic E-state index is 0.0531. The number of aromatic nitrogens is 3. The topological polar surface area (TPSA) is 30.7 Å². The summed E-state index contributed by atoms with van der Waals surface area (Å²) in [6.45, 7) is 8.63. The van der Waals surface area contributed by atoms with Gasteiger partial charge >= 0.3 is 0 Å². The Morgan fingerprint density at radius 1 is 1.11 bits per heavy atom. The Balaban J connectivity index is 2.41. The van der Waals surface area contributed by atoms with Gasteiger partial charge in [0.2, 0.25) is 0 Å². The van der Waals surface area contributed by atoms with Crippen molar-refractivity contribution in [2.75, 3.05) is 0 Å².